The lowest BCUT2D eigenvalue weighted by atomic mass is 9.85. The quantitative estimate of drug-likeness (QED) is 0.0882. The Kier molecular flexibility index (Phi) is 9.61. The zero-order chi connectivity index (χ0) is 40.1. The van der Waals surface area contributed by atoms with Crippen LogP contribution in [0.5, 0.6) is 0 Å². The van der Waals surface area contributed by atoms with Crippen molar-refractivity contribution >= 4 is 69.3 Å². The van der Waals surface area contributed by atoms with Gasteiger partial charge in [0.05, 0.1) is 53.1 Å². The van der Waals surface area contributed by atoms with Crippen LogP contribution in [0, 0.1) is 23.7 Å². The molecule has 1 aromatic heterocycles. The van der Waals surface area contributed by atoms with Gasteiger partial charge in [0.2, 0.25) is 23.6 Å². The fourth-order valence-corrected chi connectivity index (χ4v) is 8.99. The topological polar surface area (TPSA) is 196 Å². The fraction of sp³-hybridized carbons (Fsp3) is 0.302. The number of aromatic nitrogens is 1. The van der Waals surface area contributed by atoms with Gasteiger partial charge in [0.25, 0.3) is 17.7 Å². The average molecular weight is 782 g/mol. The standard InChI is InChI=1S/C43H39N7O8/c51-33-14-13-32(39(53)48-33)50-40(54)29-4-2-5-30(36(29)43(50)57)45-18-20-58-19-17-44-22-26-15-16-46-37-28(26)3-1-6-31(37)47-38(52)23-9-11-27(12-10-23)49-41(55)34-24-7-8-25(21-24)35(34)42(49)56/h1-12,15-16,24-25,32,34-35,44-45H,13-14,17-22H2,(H,47,52)(H,48,51,53)/t24?,25?,32?,34-,35+. The number of para-hydroxylation sites is 1. The van der Waals surface area contributed by atoms with Crippen LogP contribution >= 0.6 is 0 Å². The number of imide groups is 3. The van der Waals surface area contributed by atoms with Gasteiger partial charge in [0.1, 0.15) is 6.04 Å². The molecule has 5 aliphatic rings. The lowest BCUT2D eigenvalue weighted by Crippen LogP contribution is -2.54. The van der Waals surface area contributed by atoms with Crippen LogP contribution in [0.25, 0.3) is 10.9 Å². The molecular weight excluding hydrogens is 743 g/mol. The minimum Gasteiger partial charge on any atom is -0.382 e. The van der Waals surface area contributed by atoms with Crippen molar-refractivity contribution in [2.24, 2.45) is 23.7 Å². The van der Waals surface area contributed by atoms with Gasteiger partial charge in [-0.1, -0.05) is 30.4 Å². The molecule has 3 fully saturated rings. The predicted molar refractivity (Wildman–Crippen MR) is 210 cm³/mol. The molecule has 294 valence electrons. The molecule has 9 rings (SSSR count). The van der Waals surface area contributed by atoms with Crippen LogP contribution < -0.4 is 26.2 Å². The number of allylic oxidation sites excluding steroid dienone is 2. The molecular formula is C43H39N7O8. The SMILES string of the molecule is O=C1CCC(N2C(=O)c3cccc(NCCOCCNCc4ccnc5c(NC(=O)c6ccc(N7C(=O)[C@@H]8C9C=CC(C9)[C@@H]8C7=O)cc6)cccc45)c3C2=O)C(=O)N1. The van der Waals surface area contributed by atoms with Gasteiger partial charge in [-0.25, -0.2) is 0 Å². The normalized spacial score (nSPS) is 23.2. The molecule has 15 nitrogen and oxygen atoms in total. The van der Waals surface area contributed by atoms with E-state index in [0.717, 1.165) is 22.3 Å². The van der Waals surface area contributed by atoms with Crippen LogP contribution in [0.4, 0.5) is 17.1 Å². The number of hydrogen-bond donors (Lipinski definition) is 4. The number of hydrogen-bond acceptors (Lipinski definition) is 11. The van der Waals surface area contributed by atoms with E-state index in [1.54, 1.807) is 54.7 Å². The van der Waals surface area contributed by atoms with Gasteiger partial charge in [-0.2, -0.15) is 0 Å². The maximum absolute atomic E-state index is 13.3. The molecule has 58 heavy (non-hydrogen) atoms. The van der Waals surface area contributed by atoms with E-state index >= 15 is 0 Å². The Labute approximate surface area is 332 Å². The van der Waals surface area contributed by atoms with Crippen LogP contribution in [-0.2, 0) is 30.5 Å². The van der Waals surface area contributed by atoms with Crippen molar-refractivity contribution in [2.75, 3.05) is 41.8 Å². The molecule has 2 bridgehead atoms. The van der Waals surface area contributed by atoms with E-state index in [1.807, 2.05) is 18.2 Å². The molecule has 3 aromatic carbocycles. The minimum absolute atomic E-state index is 0.0505. The number of fused-ring (bicyclic) bond motifs is 7. The third-order valence-electron chi connectivity index (χ3n) is 11.7. The largest absolute Gasteiger partial charge is 0.382 e. The molecule has 0 radical (unpaired) electrons. The van der Waals surface area contributed by atoms with Crippen molar-refractivity contribution in [2.45, 2.75) is 31.8 Å². The van der Waals surface area contributed by atoms with Crippen molar-refractivity contribution < 1.29 is 38.3 Å². The van der Waals surface area contributed by atoms with Gasteiger partial charge >= 0.3 is 0 Å². The van der Waals surface area contributed by atoms with Crippen LogP contribution in [0.1, 0.15) is 55.9 Å². The summed E-state index contributed by atoms with van der Waals surface area (Å²) in [6, 6.07) is 17.9. The third-order valence-corrected chi connectivity index (χ3v) is 11.7. The van der Waals surface area contributed by atoms with E-state index in [9.17, 15) is 33.6 Å². The summed E-state index contributed by atoms with van der Waals surface area (Å²) >= 11 is 0. The maximum atomic E-state index is 13.3. The highest BCUT2D eigenvalue weighted by atomic mass is 16.5. The molecule has 0 spiro atoms. The summed E-state index contributed by atoms with van der Waals surface area (Å²) in [5.41, 5.74) is 3.86. The second-order valence-electron chi connectivity index (χ2n) is 15.1. The molecule has 3 unspecified atom stereocenters. The van der Waals surface area contributed by atoms with E-state index in [4.69, 9.17) is 4.74 Å². The number of nitrogens with zero attached hydrogens (tertiary/aromatic N) is 3. The van der Waals surface area contributed by atoms with E-state index < -0.39 is 29.7 Å². The number of rotatable bonds is 13. The monoisotopic (exact) mass is 781 g/mol. The molecule has 4 aromatic rings. The Morgan fingerprint density at radius 3 is 2.31 bits per heavy atom. The molecule has 1 saturated carbocycles. The third kappa shape index (κ3) is 6.41. The number of ether oxygens (including phenoxy) is 1. The van der Waals surface area contributed by atoms with Crippen LogP contribution in [-0.4, -0.2) is 83.6 Å². The van der Waals surface area contributed by atoms with Gasteiger partial charge in [0.15, 0.2) is 0 Å². The Bertz CT molecular complexity index is 2420. The Morgan fingerprint density at radius 1 is 0.828 bits per heavy atom. The first kappa shape index (κ1) is 37.0. The van der Waals surface area contributed by atoms with Crippen molar-refractivity contribution in [3.63, 3.8) is 0 Å². The van der Waals surface area contributed by atoms with Crippen molar-refractivity contribution in [1.82, 2.24) is 20.5 Å². The van der Waals surface area contributed by atoms with Gasteiger partial charge in [-0.15, -0.1) is 0 Å². The van der Waals surface area contributed by atoms with E-state index in [-0.39, 0.29) is 65.4 Å². The highest BCUT2D eigenvalue weighted by molar-refractivity contribution is 6.26. The molecule has 5 atom stereocenters. The second-order valence-corrected chi connectivity index (χ2v) is 15.1. The van der Waals surface area contributed by atoms with Gasteiger partial charge in [-0.3, -0.25) is 53.7 Å². The Balaban J connectivity index is 0.749. The number of amides is 7. The average Bonchev–Trinajstić information content (AvgIpc) is 3.97. The zero-order valence-electron chi connectivity index (χ0n) is 31.2. The minimum atomic E-state index is -1.03. The van der Waals surface area contributed by atoms with Crippen molar-refractivity contribution in [3.8, 4) is 0 Å². The molecule has 3 aliphatic heterocycles. The molecule has 7 amide bonds. The summed E-state index contributed by atoms with van der Waals surface area (Å²) in [6.45, 7) is 2.14. The van der Waals surface area contributed by atoms with Gasteiger partial charge in [-0.05, 0) is 78.8 Å². The number of anilines is 3. The lowest BCUT2D eigenvalue weighted by molar-refractivity contribution is -0.136. The number of nitrogens with one attached hydrogen (secondary N) is 4. The van der Waals surface area contributed by atoms with E-state index in [1.165, 1.54) is 4.90 Å². The van der Waals surface area contributed by atoms with E-state index in [2.05, 4.69) is 38.4 Å². The number of carbonyl (C=O) groups excluding carboxylic acids is 7. The zero-order valence-corrected chi connectivity index (χ0v) is 31.2. The number of pyridine rings is 1. The van der Waals surface area contributed by atoms with Crippen LogP contribution in [0.3, 0.4) is 0 Å². The lowest BCUT2D eigenvalue weighted by Gasteiger charge is -2.27. The summed E-state index contributed by atoms with van der Waals surface area (Å²) in [5.74, 6) is -3.22. The molecule has 2 saturated heterocycles. The van der Waals surface area contributed by atoms with Gasteiger partial charge < -0.3 is 20.7 Å². The highest BCUT2D eigenvalue weighted by Gasteiger charge is 2.59. The van der Waals surface area contributed by atoms with Crippen LogP contribution in [0.2, 0.25) is 0 Å². The summed E-state index contributed by atoms with van der Waals surface area (Å²) < 4.78 is 5.80. The Hall–Kier alpha value is -6.58. The number of carbonyl (C=O) groups is 7. The number of piperidine rings is 1. The van der Waals surface area contributed by atoms with E-state index in [0.29, 0.717) is 61.0 Å². The van der Waals surface area contributed by atoms with Gasteiger partial charge in [0, 0.05) is 48.9 Å². The van der Waals surface area contributed by atoms with Crippen molar-refractivity contribution in [1.29, 1.82) is 0 Å². The number of benzene rings is 3. The summed E-state index contributed by atoms with van der Waals surface area (Å²) in [7, 11) is 0. The molecule has 2 aliphatic carbocycles. The second kappa shape index (κ2) is 15.1. The smallest absolute Gasteiger partial charge is 0.264 e. The molecule has 4 N–H and O–H groups in total. The Morgan fingerprint density at radius 2 is 1.55 bits per heavy atom. The van der Waals surface area contributed by atoms with Crippen LogP contribution in [0.15, 0.2) is 85.1 Å². The fourth-order valence-electron chi connectivity index (χ4n) is 8.99. The van der Waals surface area contributed by atoms with Crippen molar-refractivity contribution in [3.05, 3.63) is 107 Å². The maximum Gasteiger partial charge on any atom is 0.264 e. The predicted octanol–water partition coefficient (Wildman–Crippen LogP) is 3.42. The summed E-state index contributed by atoms with van der Waals surface area (Å²) in [4.78, 5) is 97.0. The molecule has 15 heteroatoms. The summed E-state index contributed by atoms with van der Waals surface area (Å²) in [5, 5.41) is 12.6. The highest BCUT2D eigenvalue weighted by Crippen LogP contribution is 2.53. The summed E-state index contributed by atoms with van der Waals surface area (Å²) in [6.07, 6.45) is 6.82. The first-order valence-corrected chi connectivity index (χ1v) is 19.4. The molecule has 4 heterocycles. The first-order valence-electron chi connectivity index (χ1n) is 19.4. The first-order chi connectivity index (χ1) is 28.2.